The Bertz CT molecular complexity index is 323. The van der Waals surface area contributed by atoms with Crippen molar-refractivity contribution in [3.63, 3.8) is 0 Å². The van der Waals surface area contributed by atoms with Gasteiger partial charge in [0.15, 0.2) is 0 Å². The zero-order valence-corrected chi connectivity index (χ0v) is 9.40. The average molecular weight is 208 g/mol. The van der Waals surface area contributed by atoms with Crippen LogP contribution in [0.1, 0.15) is 25.1 Å². The molecule has 0 saturated carbocycles. The van der Waals surface area contributed by atoms with E-state index < -0.39 is 0 Å². The molecule has 0 fully saturated rings. The van der Waals surface area contributed by atoms with Crippen molar-refractivity contribution in [3.05, 3.63) is 34.2 Å². The molecule has 1 aromatic heterocycles. The molecule has 0 bridgehead atoms. The van der Waals surface area contributed by atoms with Crippen LogP contribution >= 0.6 is 11.3 Å². The third-order valence-corrected chi connectivity index (χ3v) is 2.81. The van der Waals surface area contributed by atoms with E-state index in [1.807, 2.05) is 17.5 Å². The Kier molecular flexibility index (Phi) is 3.89. The summed E-state index contributed by atoms with van der Waals surface area (Å²) in [5, 5.41) is 9.94. The fraction of sp³-hybridized carbons (Fsp3) is 0.364. The minimum absolute atomic E-state index is 0.533. The molecule has 0 atom stereocenters. The first kappa shape index (κ1) is 11.0. The summed E-state index contributed by atoms with van der Waals surface area (Å²) in [5.74, 6) is 0.533. The van der Waals surface area contributed by atoms with Gasteiger partial charge in [-0.25, -0.2) is 0 Å². The number of nitrogens with two attached hydrogens (primary N) is 1. The van der Waals surface area contributed by atoms with Crippen LogP contribution in [-0.2, 0) is 0 Å². The standard InChI is InChI=1S/C11H16N2S/c1-8(2)6-9(7-12)11(13)10-4-3-5-14-10/h3-5,7-8,13H,6,12H2,1-2H3/b9-7-,13-11?. The number of rotatable bonds is 4. The highest BCUT2D eigenvalue weighted by molar-refractivity contribution is 7.12. The van der Waals surface area contributed by atoms with Gasteiger partial charge in [-0.3, -0.25) is 5.41 Å². The molecule has 0 aromatic carbocycles. The third kappa shape index (κ3) is 2.70. The Labute approximate surface area is 89.0 Å². The molecule has 0 unspecified atom stereocenters. The molecule has 3 N–H and O–H groups in total. The second-order valence-electron chi connectivity index (χ2n) is 3.64. The molecule has 0 aliphatic rings. The minimum atomic E-state index is 0.533. The highest BCUT2D eigenvalue weighted by atomic mass is 32.1. The smallest absolute Gasteiger partial charge is 0.0758 e. The molecule has 0 radical (unpaired) electrons. The fourth-order valence-corrected chi connectivity index (χ4v) is 1.98. The first-order valence-corrected chi connectivity index (χ1v) is 5.56. The predicted molar refractivity (Wildman–Crippen MR) is 62.9 cm³/mol. The van der Waals surface area contributed by atoms with Gasteiger partial charge in [0.2, 0.25) is 0 Å². The van der Waals surface area contributed by atoms with Gasteiger partial charge in [0, 0.05) is 0 Å². The monoisotopic (exact) mass is 208 g/mol. The topological polar surface area (TPSA) is 49.9 Å². The van der Waals surface area contributed by atoms with Gasteiger partial charge in [0.05, 0.1) is 10.6 Å². The fourth-order valence-electron chi connectivity index (χ4n) is 1.27. The lowest BCUT2D eigenvalue weighted by atomic mass is 9.99. The summed E-state index contributed by atoms with van der Waals surface area (Å²) in [7, 11) is 0. The molecule has 1 rings (SSSR count). The second-order valence-corrected chi connectivity index (χ2v) is 4.59. The number of hydrogen-bond acceptors (Lipinski definition) is 3. The molecule has 0 aliphatic heterocycles. The van der Waals surface area contributed by atoms with Crippen LogP contribution < -0.4 is 5.73 Å². The number of allylic oxidation sites excluding steroid dienone is 1. The number of thiophene rings is 1. The zero-order valence-electron chi connectivity index (χ0n) is 8.58. The highest BCUT2D eigenvalue weighted by Crippen LogP contribution is 2.18. The van der Waals surface area contributed by atoms with Gasteiger partial charge in [-0.15, -0.1) is 11.3 Å². The van der Waals surface area contributed by atoms with E-state index in [0.29, 0.717) is 11.6 Å². The molecule has 0 saturated heterocycles. The van der Waals surface area contributed by atoms with Gasteiger partial charge in [0.1, 0.15) is 0 Å². The lowest BCUT2D eigenvalue weighted by Crippen LogP contribution is -2.06. The molecule has 3 heteroatoms. The van der Waals surface area contributed by atoms with Gasteiger partial charge in [-0.1, -0.05) is 19.9 Å². The SMILES string of the molecule is CC(C)C/C(=C/N)C(=N)c1cccs1. The van der Waals surface area contributed by atoms with E-state index in [-0.39, 0.29) is 0 Å². The Morgan fingerprint density at radius 1 is 1.64 bits per heavy atom. The summed E-state index contributed by atoms with van der Waals surface area (Å²) in [4.78, 5) is 0.988. The largest absolute Gasteiger partial charge is 0.404 e. The number of hydrogen-bond donors (Lipinski definition) is 2. The van der Waals surface area contributed by atoms with E-state index in [1.165, 1.54) is 0 Å². The van der Waals surface area contributed by atoms with Crippen molar-refractivity contribution < 1.29 is 0 Å². The van der Waals surface area contributed by atoms with Gasteiger partial charge in [-0.2, -0.15) is 0 Å². The van der Waals surface area contributed by atoms with Crippen LogP contribution in [0.25, 0.3) is 0 Å². The summed E-state index contributed by atoms with van der Waals surface area (Å²) in [6, 6.07) is 3.91. The highest BCUT2D eigenvalue weighted by Gasteiger charge is 2.09. The molecule has 2 nitrogen and oxygen atoms in total. The van der Waals surface area contributed by atoms with Crippen molar-refractivity contribution in [1.82, 2.24) is 0 Å². The van der Waals surface area contributed by atoms with Gasteiger partial charge >= 0.3 is 0 Å². The summed E-state index contributed by atoms with van der Waals surface area (Å²) in [6.07, 6.45) is 2.43. The maximum absolute atomic E-state index is 7.96. The van der Waals surface area contributed by atoms with E-state index in [0.717, 1.165) is 16.9 Å². The first-order chi connectivity index (χ1) is 6.65. The molecule has 0 amide bonds. The molecule has 0 spiro atoms. The maximum atomic E-state index is 7.96. The molecule has 0 aliphatic carbocycles. The van der Waals surface area contributed by atoms with Crippen molar-refractivity contribution in [3.8, 4) is 0 Å². The van der Waals surface area contributed by atoms with Gasteiger partial charge in [-0.05, 0) is 35.6 Å². The number of nitrogens with one attached hydrogen (secondary N) is 1. The van der Waals surface area contributed by atoms with Crippen molar-refractivity contribution >= 4 is 17.0 Å². The van der Waals surface area contributed by atoms with Crippen molar-refractivity contribution in [2.24, 2.45) is 11.7 Å². The maximum Gasteiger partial charge on any atom is 0.0758 e. The van der Waals surface area contributed by atoms with Crippen molar-refractivity contribution in [1.29, 1.82) is 5.41 Å². The van der Waals surface area contributed by atoms with E-state index in [4.69, 9.17) is 11.1 Å². The van der Waals surface area contributed by atoms with E-state index in [9.17, 15) is 0 Å². The van der Waals surface area contributed by atoms with Crippen LogP contribution in [-0.4, -0.2) is 5.71 Å². The Balaban J connectivity index is 2.77. The molecular weight excluding hydrogens is 192 g/mol. The average Bonchev–Trinajstić information content (AvgIpc) is 2.65. The van der Waals surface area contributed by atoms with E-state index in [2.05, 4.69) is 13.8 Å². The van der Waals surface area contributed by atoms with Crippen LogP contribution in [0.3, 0.4) is 0 Å². The quantitative estimate of drug-likeness (QED) is 0.734. The van der Waals surface area contributed by atoms with Crippen LogP contribution in [0.2, 0.25) is 0 Å². The Morgan fingerprint density at radius 2 is 2.36 bits per heavy atom. The van der Waals surface area contributed by atoms with E-state index >= 15 is 0 Å². The Morgan fingerprint density at radius 3 is 2.79 bits per heavy atom. The Hall–Kier alpha value is -1.09. The van der Waals surface area contributed by atoms with Crippen LogP contribution in [0.15, 0.2) is 29.3 Å². The van der Waals surface area contributed by atoms with Crippen LogP contribution in [0.4, 0.5) is 0 Å². The predicted octanol–water partition coefficient (Wildman–Crippen LogP) is 3.00. The molecule has 14 heavy (non-hydrogen) atoms. The summed E-state index contributed by atoms with van der Waals surface area (Å²) < 4.78 is 0. The summed E-state index contributed by atoms with van der Waals surface area (Å²) >= 11 is 1.58. The molecular formula is C11H16N2S. The summed E-state index contributed by atoms with van der Waals surface area (Å²) in [6.45, 7) is 4.26. The van der Waals surface area contributed by atoms with Crippen LogP contribution in [0.5, 0.6) is 0 Å². The lowest BCUT2D eigenvalue weighted by Gasteiger charge is -2.09. The van der Waals surface area contributed by atoms with E-state index in [1.54, 1.807) is 17.5 Å². The minimum Gasteiger partial charge on any atom is -0.404 e. The zero-order chi connectivity index (χ0) is 10.6. The van der Waals surface area contributed by atoms with Crippen molar-refractivity contribution in [2.45, 2.75) is 20.3 Å². The third-order valence-electron chi connectivity index (χ3n) is 1.92. The lowest BCUT2D eigenvalue weighted by molar-refractivity contribution is 0.653. The van der Waals surface area contributed by atoms with Crippen molar-refractivity contribution in [2.75, 3.05) is 0 Å². The molecule has 1 aromatic rings. The first-order valence-electron chi connectivity index (χ1n) is 4.68. The van der Waals surface area contributed by atoms with Crippen LogP contribution in [0, 0.1) is 11.3 Å². The van der Waals surface area contributed by atoms with Gasteiger partial charge in [0.25, 0.3) is 0 Å². The normalized spacial score (nSPS) is 12.1. The van der Waals surface area contributed by atoms with Gasteiger partial charge < -0.3 is 5.73 Å². The molecule has 76 valence electrons. The summed E-state index contributed by atoms with van der Waals surface area (Å²) in [5.41, 5.74) is 7.03. The second kappa shape index (κ2) is 4.96. The molecule has 1 heterocycles.